The summed E-state index contributed by atoms with van der Waals surface area (Å²) in [7, 11) is 0. The molecule has 0 bridgehead atoms. The maximum atomic E-state index is 14.1. The molecule has 0 unspecified atom stereocenters. The summed E-state index contributed by atoms with van der Waals surface area (Å²) >= 11 is 5.70. The summed E-state index contributed by atoms with van der Waals surface area (Å²) in [5, 5.41) is 7.80. The van der Waals surface area contributed by atoms with E-state index in [1.165, 1.54) is 23.1 Å². The van der Waals surface area contributed by atoms with E-state index < -0.39 is 17.5 Å². The first kappa shape index (κ1) is 17.2. The number of benzene rings is 1. The Labute approximate surface area is 155 Å². The third-order valence-electron chi connectivity index (χ3n) is 3.76. The van der Waals surface area contributed by atoms with Gasteiger partial charge in [0.05, 0.1) is 18.4 Å². The monoisotopic (exact) mass is 391 g/mol. The van der Waals surface area contributed by atoms with Crippen LogP contribution >= 0.6 is 11.6 Å². The third kappa shape index (κ3) is 3.28. The Morgan fingerprint density at radius 1 is 1.07 bits per heavy atom. The van der Waals surface area contributed by atoms with E-state index in [9.17, 15) is 13.2 Å². The Hall–Kier alpha value is -3.20. The summed E-state index contributed by atoms with van der Waals surface area (Å²) in [6, 6.07) is 7.02. The van der Waals surface area contributed by atoms with Gasteiger partial charge in [-0.3, -0.25) is 4.68 Å². The number of hydrogen-bond acceptors (Lipinski definition) is 5. The van der Waals surface area contributed by atoms with Crippen molar-refractivity contribution in [2.45, 2.75) is 6.54 Å². The summed E-state index contributed by atoms with van der Waals surface area (Å²) in [5.41, 5.74) is 1.21. The lowest BCUT2D eigenvalue weighted by Gasteiger charge is -2.07. The lowest BCUT2D eigenvalue weighted by atomic mass is 10.2. The topological polar surface area (TPSA) is 69.6 Å². The van der Waals surface area contributed by atoms with Crippen LogP contribution in [0.5, 0.6) is 0 Å². The van der Waals surface area contributed by atoms with Crippen molar-refractivity contribution < 1.29 is 17.7 Å². The molecule has 1 aromatic carbocycles. The minimum absolute atomic E-state index is 0.0737. The van der Waals surface area contributed by atoms with Crippen LogP contribution in [0.4, 0.5) is 13.2 Å². The zero-order chi connectivity index (χ0) is 19.0. The Bertz CT molecular complexity index is 1110. The third-order valence-corrected chi connectivity index (χ3v) is 4.03. The molecule has 0 N–H and O–H groups in total. The number of aromatic nitrogens is 5. The molecule has 10 heteroatoms. The van der Waals surface area contributed by atoms with Crippen LogP contribution in [0.3, 0.4) is 0 Å². The molecule has 0 atom stereocenters. The Balaban J connectivity index is 1.81. The molecule has 6 nitrogen and oxygen atoms in total. The van der Waals surface area contributed by atoms with E-state index in [4.69, 9.17) is 16.1 Å². The fraction of sp³-hybridized carbons (Fsp3) is 0.0588. The van der Waals surface area contributed by atoms with E-state index in [1.807, 2.05) is 0 Å². The average molecular weight is 392 g/mol. The van der Waals surface area contributed by atoms with Crippen molar-refractivity contribution >= 4 is 11.6 Å². The van der Waals surface area contributed by atoms with Crippen LogP contribution in [0.1, 0.15) is 5.56 Å². The molecule has 0 amide bonds. The Morgan fingerprint density at radius 3 is 2.67 bits per heavy atom. The molecular formula is C17H9ClF3N5O. The van der Waals surface area contributed by atoms with Gasteiger partial charge in [0.2, 0.25) is 0 Å². The standard InChI is InChI=1S/C17H9ClF3N5O/c18-16-11(20)7-22-17(23-16)13-6-14(12-4-5-27-25-12)26(24-13)8-9-2-1-3-10(19)15(9)21/h1-7H,8H2. The molecule has 0 aliphatic carbocycles. The van der Waals surface area contributed by atoms with Crippen molar-refractivity contribution in [1.82, 2.24) is 24.9 Å². The molecule has 0 aliphatic heterocycles. The fourth-order valence-corrected chi connectivity index (χ4v) is 2.63. The van der Waals surface area contributed by atoms with Crippen molar-refractivity contribution in [2.75, 3.05) is 0 Å². The lowest BCUT2D eigenvalue weighted by molar-refractivity contribution is 0.421. The molecular weight excluding hydrogens is 383 g/mol. The molecule has 0 saturated heterocycles. The zero-order valence-corrected chi connectivity index (χ0v) is 14.2. The van der Waals surface area contributed by atoms with Crippen LogP contribution < -0.4 is 0 Å². The predicted octanol–water partition coefficient (Wildman–Crippen LogP) is 4.11. The molecule has 0 saturated carbocycles. The molecule has 4 aromatic rings. The highest BCUT2D eigenvalue weighted by Gasteiger charge is 2.18. The van der Waals surface area contributed by atoms with Crippen LogP contribution in [-0.2, 0) is 6.54 Å². The summed E-state index contributed by atoms with van der Waals surface area (Å²) in [6.45, 7) is -0.0826. The second kappa shape index (κ2) is 6.84. The Kier molecular flexibility index (Phi) is 4.36. The van der Waals surface area contributed by atoms with Crippen molar-refractivity contribution in [2.24, 2.45) is 0 Å². The van der Waals surface area contributed by atoms with Gasteiger partial charge in [0, 0.05) is 11.6 Å². The van der Waals surface area contributed by atoms with Gasteiger partial charge in [-0.15, -0.1) is 0 Å². The molecule has 0 aliphatic rings. The summed E-state index contributed by atoms with van der Waals surface area (Å²) in [6.07, 6.45) is 2.28. The van der Waals surface area contributed by atoms with Gasteiger partial charge in [0.25, 0.3) is 0 Å². The average Bonchev–Trinajstić information content (AvgIpc) is 3.31. The number of nitrogens with zero attached hydrogens (tertiary/aromatic N) is 5. The lowest BCUT2D eigenvalue weighted by Crippen LogP contribution is -2.07. The van der Waals surface area contributed by atoms with E-state index in [2.05, 4.69) is 20.2 Å². The molecule has 0 fully saturated rings. The van der Waals surface area contributed by atoms with Gasteiger partial charge < -0.3 is 4.52 Å². The van der Waals surface area contributed by atoms with Crippen LogP contribution in [0.25, 0.3) is 22.9 Å². The summed E-state index contributed by atoms with van der Waals surface area (Å²) in [5.74, 6) is -2.62. The summed E-state index contributed by atoms with van der Waals surface area (Å²) in [4.78, 5) is 7.70. The highest BCUT2D eigenvalue weighted by atomic mass is 35.5. The minimum Gasteiger partial charge on any atom is -0.364 e. The maximum absolute atomic E-state index is 14.1. The van der Waals surface area contributed by atoms with E-state index in [1.54, 1.807) is 12.1 Å². The quantitative estimate of drug-likeness (QED) is 0.489. The highest BCUT2D eigenvalue weighted by molar-refractivity contribution is 6.29. The van der Waals surface area contributed by atoms with Crippen LogP contribution in [-0.4, -0.2) is 24.9 Å². The van der Waals surface area contributed by atoms with Gasteiger partial charge in [0.15, 0.2) is 28.4 Å². The van der Waals surface area contributed by atoms with Crippen molar-refractivity contribution in [3.63, 3.8) is 0 Å². The minimum atomic E-state index is -0.971. The second-order valence-corrected chi connectivity index (χ2v) is 5.86. The normalized spacial score (nSPS) is 11.1. The van der Waals surface area contributed by atoms with Crippen molar-refractivity contribution in [3.05, 3.63) is 71.0 Å². The highest BCUT2D eigenvalue weighted by Crippen LogP contribution is 2.26. The molecule has 4 rings (SSSR count). The number of rotatable bonds is 4. The second-order valence-electron chi connectivity index (χ2n) is 5.50. The molecule has 3 aromatic heterocycles. The molecule has 27 heavy (non-hydrogen) atoms. The largest absolute Gasteiger partial charge is 0.364 e. The smallest absolute Gasteiger partial charge is 0.181 e. The first-order valence-corrected chi connectivity index (χ1v) is 8.00. The van der Waals surface area contributed by atoms with Crippen LogP contribution in [0, 0.1) is 17.5 Å². The van der Waals surface area contributed by atoms with E-state index in [0.717, 1.165) is 12.3 Å². The van der Waals surface area contributed by atoms with Gasteiger partial charge in [-0.1, -0.05) is 28.9 Å². The zero-order valence-electron chi connectivity index (χ0n) is 13.4. The van der Waals surface area contributed by atoms with E-state index in [0.29, 0.717) is 11.4 Å². The van der Waals surface area contributed by atoms with E-state index in [-0.39, 0.29) is 28.8 Å². The van der Waals surface area contributed by atoms with Crippen molar-refractivity contribution in [1.29, 1.82) is 0 Å². The summed E-state index contributed by atoms with van der Waals surface area (Å²) < 4.78 is 47.1. The first-order chi connectivity index (χ1) is 13.0. The Morgan fingerprint density at radius 2 is 1.93 bits per heavy atom. The van der Waals surface area contributed by atoms with Gasteiger partial charge in [-0.05, 0) is 12.1 Å². The van der Waals surface area contributed by atoms with Gasteiger partial charge in [-0.25, -0.2) is 23.1 Å². The van der Waals surface area contributed by atoms with Gasteiger partial charge in [0.1, 0.15) is 17.7 Å². The molecule has 0 spiro atoms. The van der Waals surface area contributed by atoms with E-state index >= 15 is 0 Å². The van der Waals surface area contributed by atoms with Crippen LogP contribution in [0.2, 0.25) is 5.15 Å². The van der Waals surface area contributed by atoms with Gasteiger partial charge in [-0.2, -0.15) is 5.10 Å². The molecule has 136 valence electrons. The molecule has 3 heterocycles. The van der Waals surface area contributed by atoms with Crippen molar-refractivity contribution in [3.8, 4) is 22.9 Å². The van der Waals surface area contributed by atoms with Crippen LogP contribution in [0.15, 0.2) is 47.3 Å². The number of hydrogen-bond donors (Lipinski definition) is 0. The first-order valence-electron chi connectivity index (χ1n) is 7.63. The van der Waals surface area contributed by atoms with Gasteiger partial charge >= 0.3 is 0 Å². The fourth-order valence-electron chi connectivity index (χ4n) is 2.50. The SMILES string of the molecule is Fc1cnc(-c2cc(-c3ccon3)n(Cc3cccc(F)c3F)n2)nc1Cl. The predicted molar refractivity (Wildman–Crippen MR) is 89.2 cm³/mol. The number of halogens is 4. The maximum Gasteiger partial charge on any atom is 0.181 e. The molecule has 0 radical (unpaired) electrons.